The Morgan fingerprint density at radius 2 is 2.33 bits per heavy atom. The average Bonchev–Trinajstić information content (AvgIpc) is 2.25. The molecule has 0 bridgehead atoms. The number of rotatable bonds is 1. The Labute approximate surface area is 85.9 Å². The Morgan fingerprint density at radius 3 is 3.00 bits per heavy atom. The Kier molecular flexibility index (Phi) is 2.70. The third-order valence-electron chi connectivity index (χ3n) is 2.26. The number of aryl methyl sites for hydroxylation is 1. The molecule has 2 heterocycles. The lowest BCUT2D eigenvalue weighted by Crippen LogP contribution is -2.41. The number of nitrogens with zero attached hydrogens (tertiary/aromatic N) is 1. The van der Waals surface area contributed by atoms with Gasteiger partial charge in [0.2, 0.25) is 0 Å². The number of hydrogen-bond acceptors (Lipinski definition) is 4. The van der Waals surface area contributed by atoms with Gasteiger partial charge in [-0.1, -0.05) is 0 Å². The summed E-state index contributed by atoms with van der Waals surface area (Å²) in [4.78, 5) is 24.9. The molecule has 2 rings (SSSR count). The summed E-state index contributed by atoms with van der Waals surface area (Å²) in [6.45, 7) is 4.45. The van der Waals surface area contributed by atoms with Gasteiger partial charge in [-0.05, 0) is 6.92 Å². The number of aromatic amines is 1. The van der Waals surface area contributed by atoms with Crippen LogP contribution in [0.3, 0.4) is 0 Å². The second kappa shape index (κ2) is 4.00. The monoisotopic (exact) mass is 210 g/mol. The summed E-state index contributed by atoms with van der Waals surface area (Å²) in [6, 6.07) is 0. The van der Waals surface area contributed by atoms with Crippen LogP contribution in [0.5, 0.6) is 0 Å². The lowest BCUT2D eigenvalue weighted by Gasteiger charge is -2.24. The molecule has 1 saturated heterocycles. The van der Waals surface area contributed by atoms with Gasteiger partial charge in [0.25, 0.3) is 5.56 Å². The second-order valence-corrected chi connectivity index (χ2v) is 3.39. The first-order chi connectivity index (χ1) is 7.18. The fraction of sp³-hybridized carbons (Fsp3) is 0.444. The van der Waals surface area contributed by atoms with Gasteiger partial charge >= 0.3 is 5.69 Å². The van der Waals surface area contributed by atoms with E-state index >= 15 is 0 Å². The van der Waals surface area contributed by atoms with Crippen LogP contribution in [0.4, 0.5) is 0 Å². The molecule has 0 spiro atoms. The maximum Gasteiger partial charge on any atom is 0.330 e. The summed E-state index contributed by atoms with van der Waals surface area (Å²) in [5.41, 5.74) is -0.319. The van der Waals surface area contributed by atoms with Crippen molar-refractivity contribution < 1.29 is 4.74 Å². The normalized spacial score (nSPS) is 21.5. The van der Waals surface area contributed by atoms with E-state index in [0.717, 1.165) is 0 Å². The number of morpholine rings is 1. The number of aromatic nitrogens is 2. The van der Waals surface area contributed by atoms with Crippen LogP contribution in [0.25, 0.3) is 0 Å². The van der Waals surface area contributed by atoms with Gasteiger partial charge in [0.15, 0.2) is 6.23 Å². The first kappa shape index (κ1) is 10.1. The van der Waals surface area contributed by atoms with Crippen LogP contribution in [-0.4, -0.2) is 22.6 Å². The Morgan fingerprint density at radius 1 is 1.53 bits per heavy atom. The highest BCUT2D eigenvalue weighted by Crippen LogP contribution is 2.08. The van der Waals surface area contributed by atoms with E-state index in [4.69, 9.17) is 4.74 Å². The molecule has 6 nitrogen and oxygen atoms in total. The highest BCUT2D eigenvalue weighted by molar-refractivity contribution is 5.01. The Hall–Kier alpha value is -1.40. The number of hydrogen-bond donors (Lipinski definition) is 2. The minimum atomic E-state index is -0.451. The maximum absolute atomic E-state index is 11.5. The third kappa shape index (κ3) is 2.00. The van der Waals surface area contributed by atoms with E-state index in [1.807, 2.05) is 0 Å². The van der Waals surface area contributed by atoms with Crippen molar-refractivity contribution in [3.63, 3.8) is 0 Å². The quantitative estimate of drug-likeness (QED) is 0.631. The minimum absolute atomic E-state index is 0.357. The zero-order valence-electron chi connectivity index (χ0n) is 8.32. The Bertz CT molecular complexity index is 456. The maximum atomic E-state index is 11.5. The van der Waals surface area contributed by atoms with Crippen molar-refractivity contribution in [3.8, 4) is 0 Å². The predicted octanol–water partition coefficient (Wildman–Crippen LogP) is -0.875. The van der Waals surface area contributed by atoms with Crippen molar-refractivity contribution in [2.75, 3.05) is 13.1 Å². The van der Waals surface area contributed by atoms with Gasteiger partial charge in [-0.2, -0.15) is 0 Å². The summed E-state index contributed by atoms with van der Waals surface area (Å²) < 4.78 is 6.67. The van der Waals surface area contributed by atoms with E-state index in [9.17, 15) is 9.59 Å². The molecule has 1 aliphatic heterocycles. The molecule has 15 heavy (non-hydrogen) atoms. The van der Waals surface area contributed by atoms with Crippen LogP contribution in [0, 0.1) is 13.5 Å². The van der Waals surface area contributed by atoms with Gasteiger partial charge in [-0.3, -0.25) is 14.3 Å². The number of H-pyrrole nitrogens is 1. The van der Waals surface area contributed by atoms with Gasteiger partial charge in [-0.15, -0.1) is 0 Å². The molecule has 0 amide bonds. The van der Waals surface area contributed by atoms with Gasteiger partial charge in [0.05, 0.1) is 0 Å². The van der Waals surface area contributed by atoms with Crippen LogP contribution < -0.4 is 16.6 Å². The number of ether oxygens (including phenoxy) is 1. The summed E-state index contributed by atoms with van der Waals surface area (Å²) in [5, 5.41) is 3.06. The summed E-state index contributed by atoms with van der Waals surface area (Å²) in [5.74, 6) is 0. The molecule has 2 N–H and O–H groups in total. The van der Waals surface area contributed by atoms with Crippen molar-refractivity contribution in [1.29, 1.82) is 0 Å². The van der Waals surface area contributed by atoms with Gasteiger partial charge in [0, 0.05) is 24.8 Å². The lowest BCUT2D eigenvalue weighted by molar-refractivity contribution is 0.0191. The van der Waals surface area contributed by atoms with E-state index in [2.05, 4.69) is 10.3 Å². The highest BCUT2D eigenvalue weighted by Gasteiger charge is 2.17. The number of nitrogens with one attached hydrogen (secondary N) is 2. The highest BCUT2D eigenvalue weighted by atomic mass is 16.5. The van der Waals surface area contributed by atoms with Gasteiger partial charge < -0.3 is 10.1 Å². The SMILES string of the molecule is Cc1cn([C@H]2CNC[CH]O2)c(=O)[nH]c1=O. The molecule has 1 aromatic heterocycles. The van der Waals surface area contributed by atoms with Crippen molar-refractivity contribution in [3.05, 3.63) is 39.2 Å². The fourth-order valence-corrected chi connectivity index (χ4v) is 1.44. The first-order valence-electron chi connectivity index (χ1n) is 4.68. The van der Waals surface area contributed by atoms with E-state index in [-0.39, 0.29) is 11.8 Å². The van der Waals surface area contributed by atoms with Crippen molar-refractivity contribution in [1.82, 2.24) is 14.9 Å². The lowest BCUT2D eigenvalue weighted by atomic mass is 10.3. The van der Waals surface area contributed by atoms with Crippen LogP contribution >= 0.6 is 0 Å². The van der Waals surface area contributed by atoms with E-state index < -0.39 is 5.69 Å². The topological polar surface area (TPSA) is 76.1 Å². The minimum Gasteiger partial charge on any atom is -0.349 e. The molecular weight excluding hydrogens is 198 g/mol. The molecule has 0 aliphatic carbocycles. The van der Waals surface area contributed by atoms with Crippen LogP contribution in [0.15, 0.2) is 15.8 Å². The van der Waals surface area contributed by atoms with Crippen LogP contribution in [-0.2, 0) is 4.74 Å². The molecule has 1 aromatic rings. The molecule has 1 aliphatic rings. The molecule has 0 unspecified atom stereocenters. The summed E-state index contributed by atoms with van der Waals surface area (Å²) in [6.07, 6.45) is 1.12. The van der Waals surface area contributed by atoms with Crippen molar-refractivity contribution in [2.24, 2.45) is 0 Å². The predicted molar refractivity (Wildman–Crippen MR) is 53.4 cm³/mol. The summed E-state index contributed by atoms with van der Waals surface area (Å²) in [7, 11) is 0. The zero-order valence-corrected chi connectivity index (χ0v) is 8.32. The molecule has 81 valence electrons. The van der Waals surface area contributed by atoms with Crippen molar-refractivity contribution in [2.45, 2.75) is 13.2 Å². The molecule has 0 saturated carbocycles. The molecule has 0 aromatic carbocycles. The van der Waals surface area contributed by atoms with E-state index in [1.54, 1.807) is 13.5 Å². The van der Waals surface area contributed by atoms with E-state index in [1.165, 1.54) is 10.8 Å². The summed E-state index contributed by atoms with van der Waals surface area (Å²) >= 11 is 0. The zero-order chi connectivity index (χ0) is 10.8. The molecule has 1 fully saturated rings. The van der Waals surface area contributed by atoms with Gasteiger partial charge in [0.1, 0.15) is 6.61 Å². The first-order valence-corrected chi connectivity index (χ1v) is 4.68. The smallest absolute Gasteiger partial charge is 0.330 e. The standard InChI is InChI=1S/C9H12N3O3/c1-6-5-12(9(14)11-8(6)13)7-4-10-2-3-15-7/h3,5,7,10H,2,4H2,1H3,(H,11,13,14)/t7-/m1/s1. The largest absolute Gasteiger partial charge is 0.349 e. The molecular formula is C9H12N3O3. The molecule has 1 atom stereocenters. The van der Waals surface area contributed by atoms with Gasteiger partial charge in [-0.25, -0.2) is 4.79 Å². The second-order valence-electron chi connectivity index (χ2n) is 3.39. The molecule has 6 heteroatoms. The van der Waals surface area contributed by atoms with Crippen LogP contribution in [0.1, 0.15) is 11.8 Å². The third-order valence-corrected chi connectivity index (χ3v) is 2.26. The van der Waals surface area contributed by atoms with Crippen LogP contribution in [0.2, 0.25) is 0 Å². The average molecular weight is 210 g/mol. The van der Waals surface area contributed by atoms with E-state index in [0.29, 0.717) is 18.7 Å². The fourth-order valence-electron chi connectivity index (χ4n) is 1.44. The molecule has 1 radical (unpaired) electrons. The Balaban J connectivity index is 2.39. The van der Waals surface area contributed by atoms with Crippen molar-refractivity contribution >= 4 is 0 Å².